The minimum Gasteiger partial charge on any atom is -0.252 e. The van der Waals surface area contributed by atoms with Gasteiger partial charge in [0.15, 0.2) is 0 Å². The Labute approximate surface area is 124 Å². The molecule has 0 N–H and O–H groups in total. The van der Waals surface area contributed by atoms with Gasteiger partial charge in [-0.3, -0.25) is 4.98 Å². The molecule has 2 atom stereocenters. The number of hydrogen-bond donors (Lipinski definition) is 0. The Bertz CT molecular complexity index is 717. The Morgan fingerprint density at radius 1 is 1.20 bits per heavy atom. The highest BCUT2D eigenvalue weighted by Gasteiger charge is 2.35. The molecule has 4 rings (SSSR count). The number of nitrogens with zero attached hydrogens (tertiary/aromatic N) is 1. The number of halogens is 1. The quantitative estimate of drug-likeness (QED) is 0.600. The summed E-state index contributed by atoms with van der Waals surface area (Å²) in [7, 11) is 0. The topological polar surface area (TPSA) is 12.9 Å². The van der Waals surface area contributed by atoms with Crippen molar-refractivity contribution in [1.82, 2.24) is 4.98 Å². The highest BCUT2D eigenvalue weighted by molar-refractivity contribution is 6.36. The molecule has 2 aromatic rings. The molecule has 1 aromatic carbocycles. The maximum atomic E-state index is 6.74. The van der Waals surface area contributed by atoms with E-state index in [1.807, 2.05) is 12.1 Å². The lowest BCUT2D eigenvalue weighted by molar-refractivity contribution is 0.347. The average molecular weight is 284 g/mol. The molecule has 2 aliphatic carbocycles. The van der Waals surface area contributed by atoms with Crippen molar-refractivity contribution in [3.8, 4) is 0 Å². The van der Waals surface area contributed by atoms with Crippen molar-refractivity contribution in [2.75, 3.05) is 0 Å². The Hall–Kier alpha value is -1.34. The normalized spacial score (nSPS) is 26.8. The molecule has 20 heavy (non-hydrogen) atoms. The molecule has 2 heteroatoms. The molecular formula is C18H18ClN. The molecule has 0 aliphatic heterocycles. The van der Waals surface area contributed by atoms with Gasteiger partial charge in [0.05, 0.1) is 10.5 Å². The van der Waals surface area contributed by atoms with Crippen molar-refractivity contribution in [3.05, 3.63) is 52.2 Å². The zero-order chi connectivity index (χ0) is 13.7. The summed E-state index contributed by atoms with van der Waals surface area (Å²) in [6.45, 7) is 2.16. The molecule has 1 aromatic heterocycles. The van der Waals surface area contributed by atoms with Crippen molar-refractivity contribution >= 4 is 22.5 Å². The Morgan fingerprint density at radius 2 is 2.05 bits per heavy atom. The van der Waals surface area contributed by atoms with Crippen LogP contribution in [0.1, 0.15) is 43.4 Å². The second-order valence-electron chi connectivity index (χ2n) is 6.16. The number of allylic oxidation sites excluding steroid dienone is 2. The summed E-state index contributed by atoms with van der Waals surface area (Å²) in [5.74, 6) is 1.34. The second-order valence-corrected chi connectivity index (χ2v) is 6.54. The van der Waals surface area contributed by atoms with Gasteiger partial charge < -0.3 is 0 Å². The lowest BCUT2D eigenvalue weighted by Crippen LogP contribution is -2.25. The molecule has 0 unspecified atom stereocenters. The van der Waals surface area contributed by atoms with E-state index in [0.29, 0.717) is 5.92 Å². The summed E-state index contributed by atoms with van der Waals surface area (Å²) in [5.41, 5.74) is 5.23. The van der Waals surface area contributed by atoms with Crippen LogP contribution in [0.3, 0.4) is 0 Å². The van der Waals surface area contributed by atoms with Gasteiger partial charge in [-0.25, -0.2) is 0 Å². The molecule has 1 saturated carbocycles. The van der Waals surface area contributed by atoms with Crippen LogP contribution in [-0.2, 0) is 6.42 Å². The fraction of sp³-hybridized carbons (Fsp3) is 0.389. The summed E-state index contributed by atoms with van der Waals surface area (Å²) in [6.07, 6.45) is 7.09. The van der Waals surface area contributed by atoms with Gasteiger partial charge >= 0.3 is 0 Å². The van der Waals surface area contributed by atoms with Crippen LogP contribution in [0.25, 0.3) is 10.9 Å². The molecule has 0 radical (unpaired) electrons. The van der Waals surface area contributed by atoms with E-state index in [4.69, 9.17) is 16.6 Å². The lowest BCUT2D eigenvalue weighted by atomic mass is 9.68. The van der Waals surface area contributed by atoms with Gasteiger partial charge in [-0.1, -0.05) is 41.4 Å². The molecule has 2 aliphatic rings. The zero-order valence-corrected chi connectivity index (χ0v) is 12.5. The van der Waals surface area contributed by atoms with E-state index in [0.717, 1.165) is 28.3 Å². The Morgan fingerprint density at radius 3 is 2.90 bits per heavy atom. The number of rotatable bonds is 0. The summed E-state index contributed by atoms with van der Waals surface area (Å²) in [4.78, 5) is 4.91. The van der Waals surface area contributed by atoms with E-state index in [-0.39, 0.29) is 0 Å². The Kier molecular flexibility index (Phi) is 2.85. The van der Waals surface area contributed by atoms with E-state index in [2.05, 4.69) is 25.1 Å². The highest BCUT2D eigenvalue weighted by Crippen LogP contribution is 2.48. The monoisotopic (exact) mass is 283 g/mol. The van der Waals surface area contributed by atoms with Gasteiger partial charge in [-0.05, 0) is 56.1 Å². The Balaban J connectivity index is 1.93. The molecule has 1 heterocycles. The molecule has 102 valence electrons. The third kappa shape index (κ3) is 1.80. The van der Waals surface area contributed by atoms with Gasteiger partial charge in [-0.2, -0.15) is 0 Å². The standard InChI is InChI=1S/C18H18ClN/c1-2-11-7-12-9-13(8-11)17-16(10-12)20-15-6-4-3-5-14(15)18(17)19/h2-6,12-13H,7-10H2,1H3/b11-2+/t12-,13+/m1/s1. The van der Waals surface area contributed by atoms with Crippen LogP contribution in [0.2, 0.25) is 5.02 Å². The van der Waals surface area contributed by atoms with Crippen molar-refractivity contribution in [3.63, 3.8) is 0 Å². The summed E-state index contributed by atoms with van der Waals surface area (Å²) in [6, 6.07) is 8.26. The van der Waals surface area contributed by atoms with E-state index >= 15 is 0 Å². The highest BCUT2D eigenvalue weighted by atomic mass is 35.5. The first kappa shape index (κ1) is 12.4. The van der Waals surface area contributed by atoms with Crippen LogP contribution < -0.4 is 0 Å². The van der Waals surface area contributed by atoms with Gasteiger partial charge in [0.1, 0.15) is 0 Å². The van der Waals surface area contributed by atoms with Crippen molar-refractivity contribution < 1.29 is 0 Å². The predicted octanol–water partition coefficient (Wildman–Crippen LogP) is 5.27. The zero-order valence-electron chi connectivity index (χ0n) is 11.7. The first-order valence-corrected chi connectivity index (χ1v) is 7.85. The van der Waals surface area contributed by atoms with Gasteiger partial charge in [-0.15, -0.1) is 0 Å². The molecule has 0 spiro atoms. The number of para-hydroxylation sites is 1. The summed E-state index contributed by atoms with van der Waals surface area (Å²) < 4.78 is 0. The van der Waals surface area contributed by atoms with Crippen LogP contribution in [0.5, 0.6) is 0 Å². The molecule has 1 nitrogen and oxygen atoms in total. The molecular weight excluding hydrogens is 266 g/mol. The fourth-order valence-corrected chi connectivity index (χ4v) is 4.45. The summed E-state index contributed by atoms with van der Waals surface area (Å²) >= 11 is 6.74. The van der Waals surface area contributed by atoms with Crippen LogP contribution >= 0.6 is 11.6 Å². The van der Waals surface area contributed by atoms with Crippen LogP contribution in [0.15, 0.2) is 35.9 Å². The SMILES string of the molecule is C/C=C1\C[C@H]2Cc3nc4ccccc4c(Cl)c3[C@@H](C1)C2. The van der Waals surface area contributed by atoms with Crippen LogP contribution in [0, 0.1) is 5.92 Å². The maximum Gasteiger partial charge on any atom is 0.0720 e. The van der Waals surface area contributed by atoms with E-state index in [1.54, 1.807) is 5.57 Å². The minimum atomic E-state index is 0.577. The fourth-order valence-electron chi connectivity index (χ4n) is 4.03. The third-order valence-corrected chi connectivity index (χ3v) is 5.33. The van der Waals surface area contributed by atoms with Gasteiger partial charge in [0.2, 0.25) is 0 Å². The molecule has 1 fully saturated rings. The minimum absolute atomic E-state index is 0.577. The third-order valence-electron chi connectivity index (χ3n) is 4.92. The van der Waals surface area contributed by atoms with Crippen molar-refractivity contribution in [1.29, 1.82) is 0 Å². The van der Waals surface area contributed by atoms with Crippen LogP contribution in [-0.4, -0.2) is 4.98 Å². The van der Waals surface area contributed by atoms with E-state index in [9.17, 15) is 0 Å². The first-order valence-electron chi connectivity index (χ1n) is 7.47. The first-order chi connectivity index (χ1) is 9.76. The number of pyridine rings is 1. The second kappa shape index (κ2) is 4.60. The number of aromatic nitrogens is 1. The molecule has 0 saturated heterocycles. The smallest absolute Gasteiger partial charge is 0.0720 e. The lowest BCUT2D eigenvalue weighted by Gasteiger charge is -2.37. The van der Waals surface area contributed by atoms with Crippen molar-refractivity contribution in [2.45, 2.75) is 38.5 Å². The summed E-state index contributed by atoms with van der Waals surface area (Å²) in [5, 5.41) is 2.06. The number of fused-ring (bicyclic) bond motifs is 5. The van der Waals surface area contributed by atoms with Crippen molar-refractivity contribution in [2.24, 2.45) is 5.92 Å². The number of hydrogen-bond acceptors (Lipinski definition) is 1. The average Bonchev–Trinajstić information content (AvgIpc) is 2.46. The van der Waals surface area contributed by atoms with E-state index < -0.39 is 0 Å². The maximum absolute atomic E-state index is 6.74. The molecule has 0 amide bonds. The van der Waals surface area contributed by atoms with Crippen LogP contribution in [0.4, 0.5) is 0 Å². The molecule has 2 bridgehead atoms. The predicted molar refractivity (Wildman–Crippen MR) is 84.3 cm³/mol. The van der Waals surface area contributed by atoms with Gasteiger partial charge in [0, 0.05) is 11.1 Å². The van der Waals surface area contributed by atoms with Gasteiger partial charge in [0.25, 0.3) is 0 Å². The largest absolute Gasteiger partial charge is 0.252 e. The van der Waals surface area contributed by atoms with E-state index in [1.165, 1.54) is 30.5 Å². The number of benzene rings is 1.